The normalized spacial score (nSPS) is 17.8. The lowest BCUT2D eigenvalue weighted by atomic mass is 9.93. The standard InChI is InChI=1S/C16H22N6OS/c1-3-12-14(24-21-20-12)16(23)22-8-4-5-11(10-22)9-13-15(17-2)19-7-6-18-13/h6-7,11H,3-5,8-10H2,1-2H3,(H,17,19)/t11-/m0/s1. The third-order valence-corrected chi connectivity index (χ3v) is 5.14. The summed E-state index contributed by atoms with van der Waals surface area (Å²) < 4.78 is 3.94. The number of aromatic nitrogens is 4. The van der Waals surface area contributed by atoms with E-state index in [4.69, 9.17) is 0 Å². The molecule has 128 valence electrons. The van der Waals surface area contributed by atoms with Gasteiger partial charge in [0, 0.05) is 32.5 Å². The minimum absolute atomic E-state index is 0.0690. The zero-order valence-corrected chi connectivity index (χ0v) is 14.8. The van der Waals surface area contributed by atoms with Gasteiger partial charge >= 0.3 is 0 Å². The van der Waals surface area contributed by atoms with E-state index in [0.29, 0.717) is 10.8 Å². The van der Waals surface area contributed by atoms with Gasteiger partial charge in [0.1, 0.15) is 10.7 Å². The van der Waals surface area contributed by atoms with Crippen LogP contribution in [0.5, 0.6) is 0 Å². The van der Waals surface area contributed by atoms with Crippen molar-refractivity contribution in [3.63, 3.8) is 0 Å². The summed E-state index contributed by atoms with van der Waals surface area (Å²) in [5, 5.41) is 7.14. The largest absolute Gasteiger partial charge is 0.372 e. The average Bonchev–Trinajstić information content (AvgIpc) is 3.10. The molecule has 1 atom stereocenters. The van der Waals surface area contributed by atoms with Gasteiger partial charge in [0.25, 0.3) is 5.91 Å². The Kier molecular flexibility index (Phi) is 5.34. The lowest BCUT2D eigenvalue weighted by Crippen LogP contribution is -2.40. The number of likely N-dealkylation sites (tertiary alicyclic amines) is 1. The highest BCUT2D eigenvalue weighted by molar-refractivity contribution is 7.08. The van der Waals surface area contributed by atoms with E-state index < -0.39 is 0 Å². The predicted octanol–water partition coefficient (Wildman–Crippen LogP) is 2.03. The molecule has 2 aromatic rings. The van der Waals surface area contributed by atoms with Gasteiger partial charge in [0.2, 0.25) is 0 Å². The van der Waals surface area contributed by atoms with Crippen molar-refractivity contribution >= 4 is 23.3 Å². The number of nitrogens with zero attached hydrogens (tertiary/aromatic N) is 5. The monoisotopic (exact) mass is 346 g/mol. The molecule has 0 aliphatic carbocycles. The first-order chi connectivity index (χ1) is 11.7. The predicted molar refractivity (Wildman–Crippen MR) is 93.2 cm³/mol. The van der Waals surface area contributed by atoms with Crippen molar-refractivity contribution in [2.45, 2.75) is 32.6 Å². The van der Waals surface area contributed by atoms with Crippen LogP contribution in [0.2, 0.25) is 0 Å². The number of aryl methyl sites for hydroxylation is 1. The Morgan fingerprint density at radius 3 is 3.00 bits per heavy atom. The van der Waals surface area contributed by atoms with Gasteiger partial charge in [-0.25, -0.2) is 4.98 Å². The quantitative estimate of drug-likeness (QED) is 0.892. The molecular weight excluding hydrogens is 324 g/mol. The highest BCUT2D eigenvalue weighted by Crippen LogP contribution is 2.25. The van der Waals surface area contributed by atoms with E-state index in [1.807, 2.05) is 18.9 Å². The molecule has 0 spiro atoms. The summed E-state index contributed by atoms with van der Waals surface area (Å²) in [4.78, 5) is 24.2. The number of rotatable bonds is 5. The van der Waals surface area contributed by atoms with Crippen molar-refractivity contribution in [2.75, 3.05) is 25.5 Å². The second-order valence-corrected chi connectivity index (χ2v) is 6.72. The zero-order valence-electron chi connectivity index (χ0n) is 14.0. The molecule has 1 fully saturated rings. The second-order valence-electron chi connectivity index (χ2n) is 5.97. The molecule has 3 heterocycles. The topological polar surface area (TPSA) is 83.9 Å². The molecule has 0 bridgehead atoms. The lowest BCUT2D eigenvalue weighted by Gasteiger charge is -2.32. The molecule has 3 rings (SSSR count). The smallest absolute Gasteiger partial charge is 0.267 e. The second kappa shape index (κ2) is 7.65. The number of piperidine rings is 1. The molecule has 2 aromatic heterocycles. The van der Waals surface area contributed by atoms with Crippen LogP contribution >= 0.6 is 11.5 Å². The van der Waals surface area contributed by atoms with Crippen LogP contribution in [0.15, 0.2) is 12.4 Å². The number of carbonyl (C=O) groups is 1. The first-order valence-electron chi connectivity index (χ1n) is 8.31. The van der Waals surface area contributed by atoms with E-state index in [9.17, 15) is 4.79 Å². The Labute approximate surface area is 145 Å². The van der Waals surface area contributed by atoms with Crippen molar-refractivity contribution < 1.29 is 4.79 Å². The van der Waals surface area contributed by atoms with Crippen molar-refractivity contribution in [1.29, 1.82) is 0 Å². The Bertz CT molecular complexity index is 703. The fourth-order valence-corrected chi connectivity index (χ4v) is 3.88. The van der Waals surface area contributed by atoms with Crippen molar-refractivity contribution in [1.82, 2.24) is 24.5 Å². The molecule has 0 aromatic carbocycles. The molecule has 1 saturated heterocycles. The number of carbonyl (C=O) groups excluding carboxylic acids is 1. The fraction of sp³-hybridized carbons (Fsp3) is 0.562. The molecule has 0 saturated carbocycles. The summed E-state index contributed by atoms with van der Waals surface area (Å²) in [5.74, 6) is 1.29. The van der Waals surface area contributed by atoms with E-state index >= 15 is 0 Å². The van der Waals surface area contributed by atoms with Crippen LogP contribution in [0.25, 0.3) is 0 Å². The van der Waals surface area contributed by atoms with Gasteiger partial charge in [-0.05, 0) is 43.1 Å². The Balaban J connectivity index is 1.69. The van der Waals surface area contributed by atoms with E-state index in [1.165, 1.54) is 11.5 Å². The van der Waals surface area contributed by atoms with Crippen LogP contribution in [-0.4, -0.2) is 50.5 Å². The molecule has 7 nitrogen and oxygen atoms in total. The first kappa shape index (κ1) is 16.8. The Morgan fingerprint density at radius 2 is 2.21 bits per heavy atom. The number of amides is 1. The lowest BCUT2D eigenvalue weighted by molar-refractivity contribution is 0.0676. The fourth-order valence-electron chi connectivity index (χ4n) is 3.16. The van der Waals surface area contributed by atoms with E-state index in [0.717, 1.165) is 56.0 Å². The Hall–Kier alpha value is -2.09. The minimum Gasteiger partial charge on any atom is -0.372 e. The third-order valence-electron chi connectivity index (χ3n) is 4.38. The SMILES string of the molecule is CCc1nnsc1C(=O)N1CCC[C@@H](Cc2nccnc2NC)C1. The van der Waals surface area contributed by atoms with Crippen molar-refractivity contribution in [3.8, 4) is 0 Å². The van der Waals surface area contributed by atoms with Gasteiger partial charge in [0.05, 0.1) is 11.4 Å². The van der Waals surface area contributed by atoms with Crippen LogP contribution in [-0.2, 0) is 12.8 Å². The molecule has 1 aliphatic heterocycles. The minimum atomic E-state index is 0.0690. The molecule has 0 radical (unpaired) electrons. The number of hydrogen-bond acceptors (Lipinski definition) is 7. The molecule has 24 heavy (non-hydrogen) atoms. The summed E-state index contributed by atoms with van der Waals surface area (Å²) >= 11 is 1.20. The summed E-state index contributed by atoms with van der Waals surface area (Å²) in [6.07, 6.45) is 7.09. The molecule has 1 N–H and O–H groups in total. The first-order valence-corrected chi connectivity index (χ1v) is 9.08. The van der Waals surface area contributed by atoms with E-state index in [-0.39, 0.29) is 5.91 Å². The van der Waals surface area contributed by atoms with E-state index in [1.54, 1.807) is 12.4 Å². The van der Waals surface area contributed by atoms with Crippen LogP contribution in [0.3, 0.4) is 0 Å². The Morgan fingerprint density at radius 1 is 1.38 bits per heavy atom. The highest BCUT2D eigenvalue weighted by atomic mass is 32.1. The molecule has 1 amide bonds. The summed E-state index contributed by atoms with van der Waals surface area (Å²) in [7, 11) is 1.85. The van der Waals surface area contributed by atoms with Crippen molar-refractivity contribution in [3.05, 3.63) is 28.7 Å². The number of anilines is 1. The van der Waals surface area contributed by atoms with Gasteiger partial charge in [-0.3, -0.25) is 9.78 Å². The van der Waals surface area contributed by atoms with Gasteiger partial charge in [-0.2, -0.15) is 0 Å². The molecule has 1 aliphatic rings. The number of nitrogens with one attached hydrogen (secondary N) is 1. The maximum absolute atomic E-state index is 12.8. The maximum atomic E-state index is 12.8. The van der Waals surface area contributed by atoms with Crippen LogP contribution in [0.1, 0.15) is 40.8 Å². The highest BCUT2D eigenvalue weighted by Gasteiger charge is 2.28. The summed E-state index contributed by atoms with van der Waals surface area (Å²) in [6.45, 7) is 3.55. The molecule has 8 heteroatoms. The van der Waals surface area contributed by atoms with Crippen LogP contribution < -0.4 is 5.32 Å². The molecule has 0 unspecified atom stereocenters. The number of hydrogen-bond donors (Lipinski definition) is 1. The maximum Gasteiger partial charge on any atom is 0.267 e. The van der Waals surface area contributed by atoms with E-state index in [2.05, 4.69) is 24.9 Å². The zero-order chi connectivity index (χ0) is 16.9. The molecular formula is C16H22N6OS. The van der Waals surface area contributed by atoms with Crippen molar-refractivity contribution in [2.24, 2.45) is 5.92 Å². The summed E-state index contributed by atoms with van der Waals surface area (Å²) in [6, 6.07) is 0. The van der Waals surface area contributed by atoms with Gasteiger partial charge in [0.15, 0.2) is 0 Å². The van der Waals surface area contributed by atoms with Gasteiger partial charge < -0.3 is 10.2 Å². The van der Waals surface area contributed by atoms with Crippen LogP contribution in [0.4, 0.5) is 5.82 Å². The average molecular weight is 346 g/mol. The van der Waals surface area contributed by atoms with Gasteiger partial charge in [-0.1, -0.05) is 11.4 Å². The van der Waals surface area contributed by atoms with Gasteiger partial charge in [-0.15, -0.1) is 5.10 Å². The summed E-state index contributed by atoms with van der Waals surface area (Å²) in [5.41, 5.74) is 1.77. The third kappa shape index (κ3) is 3.53. The van der Waals surface area contributed by atoms with Crippen LogP contribution in [0, 0.1) is 5.92 Å².